The van der Waals surface area contributed by atoms with E-state index in [1.807, 2.05) is 6.92 Å². The summed E-state index contributed by atoms with van der Waals surface area (Å²) in [6.07, 6.45) is 3.86. The highest BCUT2D eigenvalue weighted by atomic mass is 16.5. The van der Waals surface area contributed by atoms with Crippen molar-refractivity contribution in [3.63, 3.8) is 0 Å². The van der Waals surface area contributed by atoms with Crippen molar-refractivity contribution in [2.75, 3.05) is 6.61 Å². The van der Waals surface area contributed by atoms with E-state index in [1.165, 1.54) is 6.92 Å². The average Bonchev–Trinajstić information content (AvgIpc) is 2.97. The lowest BCUT2D eigenvalue weighted by Gasteiger charge is -2.60. The van der Waals surface area contributed by atoms with Crippen LogP contribution in [-0.4, -0.2) is 57.3 Å². The predicted molar refractivity (Wildman–Crippen MR) is 111 cm³/mol. The molecule has 0 spiro atoms. The minimum atomic E-state index is -1.68. The lowest BCUT2D eigenvalue weighted by Crippen LogP contribution is -2.62. The van der Waals surface area contributed by atoms with Crippen LogP contribution < -0.4 is 0 Å². The number of allylic oxidation sites excluding steroid dienone is 1. The number of ketones is 2. The van der Waals surface area contributed by atoms with Gasteiger partial charge < -0.3 is 20.1 Å². The average molecular weight is 435 g/mol. The predicted octanol–water partition coefficient (Wildman–Crippen LogP) is 1.71. The summed E-state index contributed by atoms with van der Waals surface area (Å²) in [7, 11) is 0. The van der Waals surface area contributed by atoms with Crippen LogP contribution in [0.4, 0.5) is 0 Å². The standard InChI is InChI=1S/C24H34O7/c1-13(25)21(29)31-12-19(28)24(30)9-7-17-16-5-4-14-10-15(26)6-8-22(14,2)20(16)18(27)11-23(17,24)3/h10,13,16-18,20,25,27,30H,4-9,11-12H2,1-3H3/t13?,16-,17-,18-,20+,22-,23-,24-/m0/s1. The van der Waals surface area contributed by atoms with Crippen LogP contribution in [0.25, 0.3) is 0 Å². The first-order valence-corrected chi connectivity index (χ1v) is 11.5. The molecule has 172 valence electrons. The molecule has 7 nitrogen and oxygen atoms in total. The van der Waals surface area contributed by atoms with Crippen LogP contribution in [-0.2, 0) is 19.1 Å². The second-order valence-corrected chi connectivity index (χ2v) is 10.7. The van der Waals surface area contributed by atoms with Gasteiger partial charge in [-0.15, -0.1) is 0 Å². The van der Waals surface area contributed by atoms with Gasteiger partial charge in [-0.1, -0.05) is 19.4 Å². The molecule has 3 saturated carbocycles. The second kappa shape index (κ2) is 7.49. The smallest absolute Gasteiger partial charge is 0.335 e. The fraction of sp³-hybridized carbons (Fsp3) is 0.792. The monoisotopic (exact) mass is 434 g/mol. The van der Waals surface area contributed by atoms with Gasteiger partial charge >= 0.3 is 5.97 Å². The fourth-order valence-electron chi connectivity index (χ4n) is 7.53. The molecule has 8 atom stereocenters. The van der Waals surface area contributed by atoms with Gasteiger partial charge in [0.1, 0.15) is 11.7 Å². The van der Waals surface area contributed by atoms with E-state index in [9.17, 15) is 29.7 Å². The third kappa shape index (κ3) is 3.23. The van der Waals surface area contributed by atoms with Gasteiger partial charge in [0.2, 0.25) is 5.78 Å². The lowest BCUT2D eigenvalue weighted by molar-refractivity contribution is -0.185. The molecule has 0 aromatic carbocycles. The Bertz CT molecular complexity index is 832. The SMILES string of the molecule is CC(O)C(=O)OCC(=O)[C@@]1(O)CC[C@H]2[C@@H]3CCC4=CC(=O)CC[C@]4(C)[C@H]3[C@@H](O)C[C@@]21C. The van der Waals surface area contributed by atoms with E-state index >= 15 is 0 Å². The van der Waals surface area contributed by atoms with Gasteiger partial charge in [-0.3, -0.25) is 9.59 Å². The largest absolute Gasteiger partial charge is 0.456 e. The Morgan fingerprint density at radius 3 is 2.61 bits per heavy atom. The minimum Gasteiger partial charge on any atom is -0.456 e. The first kappa shape index (κ1) is 22.6. The first-order valence-electron chi connectivity index (χ1n) is 11.5. The minimum absolute atomic E-state index is 0.00388. The molecule has 4 rings (SSSR count). The maximum atomic E-state index is 13.0. The molecule has 31 heavy (non-hydrogen) atoms. The molecule has 0 radical (unpaired) electrons. The number of carbonyl (C=O) groups is 3. The van der Waals surface area contributed by atoms with Crippen molar-refractivity contribution >= 4 is 17.5 Å². The summed E-state index contributed by atoms with van der Waals surface area (Å²) >= 11 is 0. The molecule has 3 N–H and O–H groups in total. The van der Waals surface area contributed by atoms with Crippen LogP contribution in [0.2, 0.25) is 0 Å². The molecule has 0 aromatic heterocycles. The summed E-state index contributed by atoms with van der Waals surface area (Å²) < 4.78 is 4.90. The normalized spacial score (nSPS) is 45.1. The number of esters is 1. The summed E-state index contributed by atoms with van der Waals surface area (Å²) in [5.74, 6) is -1.07. The third-order valence-electron chi connectivity index (χ3n) is 9.20. The molecule has 0 amide bonds. The Kier molecular flexibility index (Phi) is 5.47. The van der Waals surface area contributed by atoms with Gasteiger partial charge in [-0.2, -0.15) is 0 Å². The molecule has 0 bridgehead atoms. The van der Waals surface area contributed by atoms with Crippen molar-refractivity contribution in [3.05, 3.63) is 11.6 Å². The number of hydrogen-bond donors (Lipinski definition) is 3. The number of aliphatic hydroxyl groups is 3. The van der Waals surface area contributed by atoms with Crippen LogP contribution in [0.1, 0.15) is 65.7 Å². The molecular formula is C24H34O7. The maximum Gasteiger partial charge on any atom is 0.335 e. The maximum absolute atomic E-state index is 13.0. The number of ether oxygens (including phenoxy) is 1. The number of aliphatic hydroxyl groups excluding tert-OH is 2. The van der Waals surface area contributed by atoms with E-state index in [0.717, 1.165) is 24.8 Å². The van der Waals surface area contributed by atoms with Crippen molar-refractivity contribution in [3.8, 4) is 0 Å². The highest BCUT2D eigenvalue weighted by molar-refractivity contribution is 5.92. The van der Waals surface area contributed by atoms with E-state index in [-0.39, 0.29) is 35.4 Å². The second-order valence-electron chi connectivity index (χ2n) is 10.7. The summed E-state index contributed by atoms with van der Waals surface area (Å²) in [6, 6.07) is 0. The van der Waals surface area contributed by atoms with Gasteiger partial charge in [-0.25, -0.2) is 4.79 Å². The van der Waals surface area contributed by atoms with Crippen molar-refractivity contribution in [1.29, 1.82) is 0 Å². The third-order valence-corrected chi connectivity index (χ3v) is 9.20. The summed E-state index contributed by atoms with van der Waals surface area (Å²) in [5, 5.41) is 32.2. The summed E-state index contributed by atoms with van der Waals surface area (Å²) in [6.45, 7) is 4.73. The van der Waals surface area contributed by atoms with E-state index in [0.29, 0.717) is 19.3 Å². The fourth-order valence-corrected chi connectivity index (χ4v) is 7.53. The molecular weight excluding hydrogens is 400 g/mol. The van der Waals surface area contributed by atoms with Crippen LogP contribution in [0, 0.1) is 28.6 Å². The highest BCUT2D eigenvalue weighted by Gasteiger charge is 2.68. The lowest BCUT2D eigenvalue weighted by atomic mass is 9.45. The number of fused-ring (bicyclic) bond motifs is 5. The van der Waals surface area contributed by atoms with E-state index in [4.69, 9.17) is 4.74 Å². The van der Waals surface area contributed by atoms with Crippen LogP contribution in [0.5, 0.6) is 0 Å². The number of hydrogen-bond acceptors (Lipinski definition) is 7. The van der Waals surface area contributed by atoms with Crippen LogP contribution in [0.15, 0.2) is 11.6 Å². The Balaban J connectivity index is 1.60. The Morgan fingerprint density at radius 2 is 1.94 bits per heavy atom. The van der Waals surface area contributed by atoms with Gasteiger partial charge in [0.15, 0.2) is 12.4 Å². The molecule has 0 aromatic rings. The zero-order valence-electron chi connectivity index (χ0n) is 18.6. The quantitative estimate of drug-likeness (QED) is 0.576. The van der Waals surface area contributed by atoms with Crippen molar-refractivity contribution < 1.29 is 34.4 Å². The van der Waals surface area contributed by atoms with Gasteiger partial charge in [-0.05, 0) is 74.7 Å². The molecule has 1 unspecified atom stereocenters. The van der Waals surface area contributed by atoms with E-state index in [2.05, 4.69) is 6.92 Å². The molecule has 7 heteroatoms. The van der Waals surface area contributed by atoms with Crippen LogP contribution in [0.3, 0.4) is 0 Å². The molecule has 4 aliphatic rings. The Hall–Kier alpha value is -1.57. The molecule has 3 fully saturated rings. The molecule has 0 saturated heterocycles. The van der Waals surface area contributed by atoms with Crippen molar-refractivity contribution in [1.82, 2.24) is 0 Å². The molecule has 0 heterocycles. The van der Waals surface area contributed by atoms with Gasteiger partial charge in [0.05, 0.1) is 6.10 Å². The zero-order valence-corrected chi connectivity index (χ0v) is 18.6. The number of carbonyl (C=O) groups excluding carboxylic acids is 3. The van der Waals surface area contributed by atoms with Gasteiger partial charge in [0, 0.05) is 11.8 Å². The summed E-state index contributed by atoms with van der Waals surface area (Å²) in [5.41, 5.74) is -1.58. The number of Topliss-reactive ketones (excluding diaryl/α,β-unsaturated/α-hetero) is 1. The molecule has 0 aliphatic heterocycles. The van der Waals surface area contributed by atoms with Crippen molar-refractivity contribution in [2.24, 2.45) is 28.6 Å². The summed E-state index contributed by atoms with van der Waals surface area (Å²) in [4.78, 5) is 36.6. The van der Waals surface area contributed by atoms with Crippen molar-refractivity contribution in [2.45, 2.75) is 83.5 Å². The van der Waals surface area contributed by atoms with E-state index in [1.54, 1.807) is 6.08 Å². The Morgan fingerprint density at radius 1 is 1.23 bits per heavy atom. The van der Waals surface area contributed by atoms with Gasteiger partial charge in [0.25, 0.3) is 0 Å². The first-order chi connectivity index (χ1) is 14.4. The Labute approximate surface area is 182 Å². The van der Waals surface area contributed by atoms with E-state index < -0.39 is 41.6 Å². The highest BCUT2D eigenvalue weighted by Crippen LogP contribution is 2.67. The molecule has 4 aliphatic carbocycles. The zero-order chi connectivity index (χ0) is 22.8. The topological polar surface area (TPSA) is 121 Å². The number of rotatable bonds is 4. The van der Waals surface area contributed by atoms with Crippen LogP contribution >= 0.6 is 0 Å².